The Morgan fingerprint density at radius 2 is 2.21 bits per heavy atom. The van der Waals surface area contributed by atoms with E-state index in [0.717, 1.165) is 15.4 Å². The Hall–Kier alpha value is -1.36. The van der Waals surface area contributed by atoms with E-state index in [-0.39, 0.29) is 5.95 Å². The molecule has 0 radical (unpaired) electrons. The summed E-state index contributed by atoms with van der Waals surface area (Å²) in [5.41, 5.74) is 6.22. The summed E-state index contributed by atoms with van der Waals surface area (Å²) < 4.78 is 6.07. The van der Waals surface area contributed by atoms with Crippen LogP contribution in [0, 0.1) is 0 Å². The fourth-order valence-corrected chi connectivity index (χ4v) is 1.74. The summed E-state index contributed by atoms with van der Waals surface area (Å²) in [6.07, 6.45) is 1.67. The molecule has 4 nitrogen and oxygen atoms in total. The van der Waals surface area contributed by atoms with Crippen molar-refractivity contribution in [3.8, 4) is 5.75 Å². The van der Waals surface area contributed by atoms with Gasteiger partial charge >= 0.3 is 0 Å². The van der Waals surface area contributed by atoms with Crippen LogP contribution in [0.5, 0.6) is 5.75 Å². The van der Waals surface area contributed by atoms with Crippen LogP contribution in [0.1, 0.15) is 0 Å². The Balaban J connectivity index is 2.84. The third kappa shape index (κ3) is 1.39. The van der Waals surface area contributed by atoms with E-state index in [9.17, 15) is 0 Å². The summed E-state index contributed by atoms with van der Waals surface area (Å²) in [6.45, 7) is 0. The molecule has 0 atom stereocenters. The number of anilines is 1. The smallest absolute Gasteiger partial charge is 0.220 e. The number of halogens is 1. The minimum absolute atomic E-state index is 0.244. The molecule has 2 aromatic rings. The standard InChI is InChI=1S/C9H8BrN3O/c1-14-8-6(10)3-2-5-4-12-9(11)13-7(5)8/h2-4H,1H3,(H2,11,12,13). The molecule has 0 unspecified atom stereocenters. The van der Waals surface area contributed by atoms with Crippen molar-refractivity contribution in [1.29, 1.82) is 0 Å². The first kappa shape index (κ1) is 9.21. The lowest BCUT2D eigenvalue weighted by molar-refractivity contribution is 0.416. The zero-order valence-corrected chi connectivity index (χ0v) is 9.08. The van der Waals surface area contributed by atoms with Crippen LogP contribution in [0.4, 0.5) is 5.95 Å². The highest BCUT2D eigenvalue weighted by atomic mass is 79.9. The van der Waals surface area contributed by atoms with Gasteiger partial charge in [-0.15, -0.1) is 0 Å². The molecule has 5 heteroatoms. The van der Waals surface area contributed by atoms with E-state index in [2.05, 4.69) is 25.9 Å². The Bertz CT molecular complexity index is 481. The van der Waals surface area contributed by atoms with Gasteiger partial charge in [0.1, 0.15) is 5.52 Å². The van der Waals surface area contributed by atoms with Gasteiger partial charge in [0.25, 0.3) is 0 Å². The molecule has 0 saturated carbocycles. The summed E-state index contributed by atoms with van der Waals surface area (Å²) in [7, 11) is 1.60. The first-order chi connectivity index (χ1) is 6.72. The zero-order chi connectivity index (χ0) is 10.1. The SMILES string of the molecule is COc1c(Br)ccc2cnc(N)nc12. The molecule has 0 bridgehead atoms. The molecule has 0 saturated heterocycles. The molecule has 1 aromatic heterocycles. The Labute approximate surface area is 89.2 Å². The average molecular weight is 254 g/mol. The number of hydrogen-bond donors (Lipinski definition) is 1. The van der Waals surface area contributed by atoms with E-state index >= 15 is 0 Å². The highest BCUT2D eigenvalue weighted by molar-refractivity contribution is 9.10. The molecule has 14 heavy (non-hydrogen) atoms. The molecule has 0 aliphatic carbocycles. The van der Waals surface area contributed by atoms with E-state index in [1.165, 1.54) is 0 Å². The second-order valence-corrected chi connectivity index (χ2v) is 3.60. The Kier molecular flexibility index (Phi) is 2.25. The van der Waals surface area contributed by atoms with Crippen molar-refractivity contribution in [1.82, 2.24) is 9.97 Å². The van der Waals surface area contributed by atoms with Crippen molar-refractivity contribution in [3.05, 3.63) is 22.8 Å². The van der Waals surface area contributed by atoms with Crippen LogP contribution in [0.3, 0.4) is 0 Å². The number of rotatable bonds is 1. The fraction of sp³-hybridized carbons (Fsp3) is 0.111. The van der Waals surface area contributed by atoms with Crippen molar-refractivity contribution in [3.63, 3.8) is 0 Å². The number of nitrogens with two attached hydrogens (primary N) is 1. The molecule has 1 aromatic carbocycles. The molecule has 72 valence electrons. The van der Waals surface area contributed by atoms with Crippen molar-refractivity contribution in [2.75, 3.05) is 12.8 Å². The maximum Gasteiger partial charge on any atom is 0.220 e. The monoisotopic (exact) mass is 253 g/mol. The van der Waals surface area contributed by atoms with Gasteiger partial charge in [0.05, 0.1) is 11.6 Å². The average Bonchev–Trinajstić information content (AvgIpc) is 2.17. The van der Waals surface area contributed by atoms with Gasteiger partial charge in [-0.25, -0.2) is 9.97 Å². The number of ether oxygens (including phenoxy) is 1. The van der Waals surface area contributed by atoms with Crippen molar-refractivity contribution in [2.45, 2.75) is 0 Å². The van der Waals surface area contributed by atoms with Crippen molar-refractivity contribution < 1.29 is 4.74 Å². The third-order valence-corrected chi connectivity index (χ3v) is 2.51. The van der Waals surface area contributed by atoms with Gasteiger partial charge in [-0.2, -0.15) is 0 Å². The van der Waals surface area contributed by atoms with E-state index in [1.54, 1.807) is 13.3 Å². The quantitative estimate of drug-likeness (QED) is 0.845. The van der Waals surface area contributed by atoms with Gasteiger partial charge in [-0.3, -0.25) is 0 Å². The molecule has 2 N–H and O–H groups in total. The Morgan fingerprint density at radius 3 is 2.93 bits per heavy atom. The van der Waals surface area contributed by atoms with Crippen LogP contribution >= 0.6 is 15.9 Å². The normalized spacial score (nSPS) is 10.4. The Morgan fingerprint density at radius 1 is 1.43 bits per heavy atom. The van der Waals surface area contributed by atoms with Gasteiger partial charge in [-0.1, -0.05) is 0 Å². The minimum Gasteiger partial charge on any atom is -0.493 e. The number of aromatic nitrogens is 2. The van der Waals surface area contributed by atoms with Gasteiger partial charge in [0, 0.05) is 11.6 Å². The number of nitrogens with zero attached hydrogens (tertiary/aromatic N) is 2. The summed E-state index contributed by atoms with van der Waals surface area (Å²) in [4.78, 5) is 8.03. The van der Waals surface area contributed by atoms with Gasteiger partial charge in [-0.05, 0) is 28.1 Å². The third-order valence-electron chi connectivity index (χ3n) is 1.88. The van der Waals surface area contributed by atoms with Crippen LogP contribution in [0.2, 0.25) is 0 Å². The fourth-order valence-electron chi connectivity index (χ4n) is 1.25. The molecule has 0 spiro atoms. The summed E-state index contributed by atoms with van der Waals surface area (Å²) >= 11 is 3.38. The highest BCUT2D eigenvalue weighted by Crippen LogP contribution is 2.31. The first-order valence-electron chi connectivity index (χ1n) is 3.97. The number of methoxy groups -OCH3 is 1. The van der Waals surface area contributed by atoms with Crippen LogP contribution in [-0.2, 0) is 0 Å². The molecule has 2 rings (SSSR count). The second kappa shape index (κ2) is 3.42. The van der Waals surface area contributed by atoms with Gasteiger partial charge in [0.2, 0.25) is 5.95 Å². The van der Waals surface area contributed by atoms with Crippen LogP contribution in [0.25, 0.3) is 10.9 Å². The zero-order valence-electron chi connectivity index (χ0n) is 7.49. The lowest BCUT2D eigenvalue weighted by atomic mass is 10.2. The molecule has 0 aliphatic rings. The van der Waals surface area contributed by atoms with Crippen LogP contribution < -0.4 is 10.5 Å². The number of nitrogen functional groups attached to an aromatic ring is 1. The first-order valence-corrected chi connectivity index (χ1v) is 4.76. The predicted molar refractivity (Wildman–Crippen MR) is 58.2 cm³/mol. The highest BCUT2D eigenvalue weighted by Gasteiger charge is 2.07. The van der Waals surface area contributed by atoms with E-state index < -0.39 is 0 Å². The summed E-state index contributed by atoms with van der Waals surface area (Å²) in [5.74, 6) is 0.922. The topological polar surface area (TPSA) is 61.0 Å². The molecule has 0 aliphatic heterocycles. The number of hydrogen-bond acceptors (Lipinski definition) is 4. The van der Waals surface area contributed by atoms with Gasteiger partial charge in [0.15, 0.2) is 5.75 Å². The molecular formula is C9H8BrN3O. The predicted octanol–water partition coefficient (Wildman–Crippen LogP) is 1.98. The number of fused-ring (bicyclic) bond motifs is 1. The molecule has 0 amide bonds. The van der Waals surface area contributed by atoms with E-state index in [1.807, 2.05) is 12.1 Å². The minimum atomic E-state index is 0.244. The molecular weight excluding hydrogens is 246 g/mol. The maximum atomic E-state index is 5.50. The van der Waals surface area contributed by atoms with Crippen molar-refractivity contribution in [2.24, 2.45) is 0 Å². The van der Waals surface area contributed by atoms with Gasteiger partial charge < -0.3 is 10.5 Å². The number of benzene rings is 1. The van der Waals surface area contributed by atoms with Crippen LogP contribution in [-0.4, -0.2) is 17.1 Å². The lowest BCUT2D eigenvalue weighted by Gasteiger charge is -2.06. The lowest BCUT2D eigenvalue weighted by Crippen LogP contribution is -1.96. The second-order valence-electron chi connectivity index (χ2n) is 2.75. The molecule has 0 fully saturated rings. The largest absolute Gasteiger partial charge is 0.493 e. The van der Waals surface area contributed by atoms with E-state index in [4.69, 9.17) is 10.5 Å². The van der Waals surface area contributed by atoms with Crippen molar-refractivity contribution >= 4 is 32.8 Å². The summed E-state index contributed by atoms with van der Waals surface area (Å²) in [6, 6.07) is 3.79. The maximum absolute atomic E-state index is 5.50. The molecule has 1 heterocycles. The summed E-state index contributed by atoms with van der Waals surface area (Å²) in [5, 5.41) is 0.902. The van der Waals surface area contributed by atoms with Crippen LogP contribution in [0.15, 0.2) is 22.8 Å². The van der Waals surface area contributed by atoms with E-state index in [0.29, 0.717) is 5.75 Å².